The van der Waals surface area contributed by atoms with Gasteiger partial charge < -0.3 is 9.47 Å². The lowest BCUT2D eigenvalue weighted by Crippen LogP contribution is -2.03. The number of hydrogen-bond donors (Lipinski definition) is 0. The van der Waals surface area contributed by atoms with Gasteiger partial charge in [0.2, 0.25) is 0 Å². The van der Waals surface area contributed by atoms with Gasteiger partial charge in [-0.15, -0.1) is 6.58 Å². The average Bonchev–Trinajstić information content (AvgIpc) is 2.97. The van der Waals surface area contributed by atoms with E-state index >= 15 is 0 Å². The molecule has 0 fully saturated rings. The van der Waals surface area contributed by atoms with Gasteiger partial charge in [0.25, 0.3) is 0 Å². The molecule has 1 aromatic rings. The molecule has 1 rings (SSSR count). The van der Waals surface area contributed by atoms with Crippen LogP contribution in [-0.2, 0) is 6.42 Å². The summed E-state index contributed by atoms with van der Waals surface area (Å²) in [7, 11) is 0. The van der Waals surface area contributed by atoms with Gasteiger partial charge in [-0.3, -0.25) is 0 Å². The number of rotatable bonds is 31. The fraction of sp³-hybridized carbons (Fsp3) is 0.789. The smallest absolute Gasteiger partial charge is 0.161 e. The fourth-order valence-electron chi connectivity index (χ4n) is 5.46. The lowest BCUT2D eigenvalue weighted by molar-refractivity contribution is 0.258. The molecule has 0 saturated heterocycles. The predicted molar refractivity (Wildman–Crippen MR) is 178 cm³/mol. The van der Waals surface area contributed by atoms with Crippen molar-refractivity contribution in [3.8, 4) is 11.5 Å². The lowest BCUT2D eigenvalue weighted by Gasteiger charge is -2.14. The van der Waals surface area contributed by atoms with Crippen LogP contribution in [0.15, 0.2) is 30.9 Å². The van der Waals surface area contributed by atoms with Gasteiger partial charge >= 0.3 is 0 Å². The van der Waals surface area contributed by atoms with Crippen molar-refractivity contribution in [2.75, 3.05) is 13.2 Å². The summed E-state index contributed by atoms with van der Waals surface area (Å²) in [5, 5.41) is 0. The first-order chi connectivity index (χ1) is 19.8. The molecule has 0 unspecified atom stereocenters. The van der Waals surface area contributed by atoms with Crippen molar-refractivity contribution in [2.24, 2.45) is 0 Å². The average molecular weight is 557 g/mol. The van der Waals surface area contributed by atoms with Crippen molar-refractivity contribution >= 4 is 0 Å². The van der Waals surface area contributed by atoms with Crippen LogP contribution in [0.4, 0.5) is 0 Å². The highest BCUT2D eigenvalue weighted by Gasteiger charge is 2.07. The second-order valence-corrected chi connectivity index (χ2v) is 12.1. The Kier molecular flexibility index (Phi) is 26.6. The van der Waals surface area contributed by atoms with E-state index < -0.39 is 0 Å². The minimum atomic E-state index is 0.789. The topological polar surface area (TPSA) is 18.5 Å². The number of allylic oxidation sites excluding steroid dienone is 1. The molecule has 40 heavy (non-hydrogen) atoms. The molecule has 0 amide bonds. The van der Waals surface area contributed by atoms with Crippen LogP contribution in [0.2, 0.25) is 0 Å². The first-order valence-corrected chi connectivity index (χ1v) is 17.8. The summed E-state index contributed by atoms with van der Waals surface area (Å²) in [6.45, 7) is 10.0. The minimum Gasteiger partial charge on any atom is -0.490 e. The number of aryl methyl sites for hydroxylation is 1. The van der Waals surface area contributed by atoms with Gasteiger partial charge in [-0.05, 0) is 43.4 Å². The van der Waals surface area contributed by atoms with Crippen molar-refractivity contribution < 1.29 is 9.47 Å². The van der Waals surface area contributed by atoms with E-state index in [0.717, 1.165) is 50.4 Å². The molecule has 0 saturated carbocycles. The number of ether oxygens (including phenoxy) is 2. The highest BCUT2D eigenvalue weighted by Crippen LogP contribution is 2.30. The SMILES string of the molecule is C=CCCc1ccc(OCCCCCCCCCCCCCC)c(OCCCCCCCCCCCCCC)c1. The first kappa shape index (κ1) is 36.6. The Labute approximate surface area is 251 Å². The summed E-state index contributed by atoms with van der Waals surface area (Å²) < 4.78 is 12.5. The Bertz CT molecular complexity index is 667. The zero-order valence-corrected chi connectivity index (χ0v) is 27.1. The van der Waals surface area contributed by atoms with Crippen LogP contribution in [0.25, 0.3) is 0 Å². The number of benzene rings is 1. The summed E-state index contributed by atoms with van der Waals surface area (Å²) in [6.07, 6.45) is 36.8. The second kappa shape index (κ2) is 29.1. The monoisotopic (exact) mass is 557 g/mol. The standard InChI is InChI=1S/C38H68O2/c1-4-7-10-12-14-16-18-20-22-24-26-28-33-39-37-32-31-36(30-9-6-3)35-38(37)40-34-29-27-25-23-21-19-17-15-13-11-8-5-2/h6,31-32,35H,3-5,7-30,33-34H2,1-2H3. The molecule has 0 atom stereocenters. The summed E-state index contributed by atoms with van der Waals surface area (Å²) in [5.74, 6) is 1.85. The van der Waals surface area contributed by atoms with Crippen LogP contribution >= 0.6 is 0 Å². The highest BCUT2D eigenvalue weighted by atomic mass is 16.5. The second-order valence-electron chi connectivity index (χ2n) is 12.1. The molecule has 0 aliphatic heterocycles. The number of unbranched alkanes of at least 4 members (excludes halogenated alkanes) is 22. The van der Waals surface area contributed by atoms with Gasteiger partial charge in [-0.1, -0.05) is 167 Å². The Morgan fingerprint density at radius 1 is 0.500 bits per heavy atom. The van der Waals surface area contributed by atoms with E-state index in [0.29, 0.717) is 0 Å². The van der Waals surface area contributed by atoms with Crippen LogP contribution < -0.4 is 9.47 Å². The van der Waals surface area contributed by atoms with Crippen LogP contribution in [0.3, 0.4) is 0 Å². The maximum atomic E-state index is 6.26. The Hall–Kier alpha value is -1.44. The summed E-state index contributed by atoms with van der Waals surface area (Å²) in [5.41, 5.74) is 1.31. The van der Waals surface area contributed by atoms with Gasteiger partial charge in [0.1, 0.15) is 0 Å². The van der Waals surface area contributed by atoms with Crippen molar-refractivity contribution in [1.82, 2.24) is 0 Å². The van der Waals surface area contributed by atoms with Crippen molar-refractivity contribution in [2.45, 2.75) is 181 Å². The maximum absolute atomic E-state index is 6.26. The quantitative estimate of drug-likeness (QED) is 0.0668. The molecule has 0 radical (unpaired) electrons. The van der Waals surface area contributed by atoms with Gasteiger partial charge in [-0.2, -0.15) is 0 Å². The van der Waals surface area contributed by atoms with Crippen LogP contribution in [0.1, 0.15) is 180 Å². The summed E-state index contributed by atoms with van der Waals surface area (Å²) in [4.78, 5) is 0. The lowest BCUT2D eigenvalue weighted by atomic mass is 10.1. The molecule has 0 aliphatic carbocycles. The van der Waals surface area contributed by atoms with E-state index in [-0.39, 0.29) is 0 Å². The van der Waals surface area contributed by atoms with Crippen LogP contribution in [0.5, 0.6) is 11.5 Å². The van der Waals surface area contributed by atoms with E-state index in [4.69, 9.17) is 9.47 Å². The molecule has 2 nitrogen and oxygen atoms in total. The fourth-order valence-corrected chi connectivity index (χ4v) is 5.46. The molecule has 0 aliphatic rings. The third-order valence-electron chi connectivity index (χ3n) is 8.16. The van der Waals surface area contributed by atoms with E-state index in [1.54, 1.807) is 0 Å². The van der Waals surface area contributed by atoms with Gasteiger partial charge in [0, 0.05) is 0 Å². The van der Waals surface area contributed by atoms with E-state index in [1.807, 2.05) is 6.08 Å². The van der Waals surface area contributed by atoms with Crippen LogP contribution in [-0.4, -0.2) is 13.2 Å². The first-order valence-electron chi connectivity index (χ1n) is 17.8. The van der Waals surface area contributed by atoms with Gasteiger partial charge in [-0.25, -0.2) is 0 Å². The van der Waals surface area contributed by atoms with Crippen molar-refractivity contribution in [3.63, 3.8) is 0 Å². The third kappa shape index (κ3) is 22.3. The van der Waals surface area contributed by atoms with E-state index in [2.05, 4.69) is 38.6 Å². The minimum absolute atomic E-state index is 0.789. The molecule has 1 aromatic carbocycles. The number of hydrogen-bond acceptors (Lipinski definition) is 2. The van der Waals surface area contributed by atoms with E-state index in [1.165, 1.54) is 147 Å². The zero-order chi connectivity index (χ0) is 28.8. The van der Waals surface area contributed by atoms with Crippen molar-refractivity contribution in [1.29, 1.82) is 0 Å². The Balaban J connectivity index is 2.17. The third-order valence-corrected chi connectivity index (χ3v) is 8.16. The Morgan fingerprint density at radius 3 is 1.27 bits per heavy atom. The van der Waals surface area contributed by atoms with E-state index in [9.17, 15) is 0 Å². The maximum Gasteiger partial charge on any atom is 0.161 e. The van der Waals surface area contributed by atoms with Crippen molar-refractivity contribution in [3.05, 3.63) is 36.4 Å². The van der Waals surface area contributed by atoms with Gasteiger partial charge in [0.15, 0.2) is 11.5 Å². The summed E-state index contributed by atoms with van der Waals surface area (Å²) in [6, 6.07) is 6.51. The molecular weight excluding hydrogens is 488 g/mol. The molecule has 0 N–H and O–H groups in total. The van der Waals surface area contributed by atoms with Gasteiger partial charge in [0.05, 0.1) is 13.2 Å². The summed E-state index contributed by atoms with van der Waals surface area (Å²) >= 11 is 0. The molecule has 0 heterocycles. The molecule has 0 bridgehead atoms. The highest BCUT2D eigenvalue weighted by molar-refractivity contribution is 5.43. The Morgan fingerprint density at radius 2 is 0.875 bits per heavy atom. The molecular formula is C38H68O2. The van der Waals surface area contributed by atoms with Crippen LogP contribution in [0, 0.1) is 0 Å². The normalized spacial score (nSPS) is 11.2. The largest absolute Gasteiger partial charge is 0.490 e. The zero-order valence-electron chi connectivity index (χ0n) is 27.1. The molecule has 0 aromatic heterocycles. The predicted octanol–water partition coefficient (Wildman–Crippen LogP) is 13.0. The molecule has 0 spiro atoms. The molecule has 2 heteroatoms. The molecule has 232 valence electrons.